The first-order valence-electron chi connectivity index (χ1n) is 21.1. The van der Waals surface area contributed by atoms with E-state index in [0.29, 0.717) is 59.7 Å². The van der Waals surface area contributed by atoms with Crippen LogP contribution in [-0.2, 0) is 28.7 Å². The van der Waals surface area contributed by atoms with Crippen LogP contribution in [-0.4, -0.2) is 76.7 Å². The number of hydrogen-bond acceptors (Lipinski definition) is 8. The van der Waals surface area contributed by atoms with Crippen molar-refractivity contribution in [2.45, 2.75) is 148 Å². The maximum Gasteiger partial charge on any atom is 0.306 e. The van der Waals surface area contributed by atoms with Crippen LogP contribution in [0.1, 0.15) is 131 Å². The quantitative estimate of drug-likeness (QED) is 0.0742. The topological polar surface area (TPSA) is 122 Å². The third-order valence-electron chi connectivity index (χ3n) is 15.1. The van der Waals surface area contributed by atoms with Crippen LogP contribution in [0.2, 0.25) is 0 Å². The summed E-state index contributed by atoms with van der Waals surface area (Å²) in [6, 6.07) is -0.652. The Kier molecular flexibility index (Phi) is 13.3. The van der Waals surface area contributed by atoms with Gasteiger partial charge in [-0.15, -0.1) is 24.1 Å². The summed E-state index contributed by atoms with van der Waals surface area (Å²) in [5.41, 5.74) is 1.89. The normalized spacial score (nSPS) is 36.8. The predicted octanol–water partition coefficient (Wildman–Crippen LogP) is 7.06. The first-order chi connectivity index (χ1) is 25.8. The Morgan fingerprint density at radius 2 is 1.80 bits per heavy atom. The standard InChI is InChI=1S/C44H66N2O7S/c1-7-9-29(24-38(50)53-22-21-52-20-8-2)23-36(48)40-28(4)26-54-42-39(41(51)46(40)42)45-37(49)15-10-27(3)33-13-14-34-32-12-11-30-25-31(47)16-18-43(30,5)35(32)17-19-44(33,34)6/h1,27,29-35,39,42,47H,8-26H2,2-6H3,(H,45,49)/t27-,29?,30-,31-,32+,33-,34+,35+,39?,42?,43+,44-/m1/s1. The number of aliphatic hydroxyl groups excluding tert-OH is 1. The molecule has 2 N–H and O–H groups in total. The molecule has 0 aromatic heterocycles. The van der Waals surface area contributed by atoms with Crippen molar-refractivity contribution in [2.24, 2.45) is 52.3 Å². The molecule has 0 radical (unpaired) electrons. The molecule has 10 heteroatoms. The fraction of sp³-hybridized carbons (Fsp3) is 0.818. The number of nitrogens with zero attached hydrogens (tertiary/aromatic N) is 1. The van der Waals surface area contributed by atoms with E-state index in [1.54, 1.807) is 16.7 Å². The summed E-state index contributed by atoms with van der Waals surface area (Å²) < 4.78 is 10.7. The van der Waals surface area contributed by atoms with Gasteiger partial charge >= 0.3 is 5.97 Å². The van der Waals surface area contributed by atoms with E-state index in [9.17, 15) is 24.3 Å². The number of fused-ring (bicyclic) bond motifs is 6. The molecule has 2 amide bonds. The monoisotopic (exact) mass is 766 g/mol. The van der Waals surface area contributed by atoms with Gasteiger partial charge in [-0.1, -0.05) is 27.7 Å². The molecule has 1 saturated heterocycles. The summed E-state index contributed by atoms with van der Waals surface area (Å²) in [4.78, 5) is 54.6. The first-order valence-corrected chi connectivity index (χ1v) is 22.2. The lowest BCUT2D eigenvalue weighted by Gasteiger charge is -2.61. The number of allylic oxidation sites excluding steroid dienone is 1. The fourth-order valence-corrected chi connectivity index (χ4v) is 13.7. The number of hydrogen-bond donors (Lipinski definition) is 2. The van der Waals surface area contributed by atoms with Gasteiger partial charge in [0.2, 0.25) is 5.91 Å². The predicted molar refractivity (Wildman–Crippen MR) is 211 cm³/mol. The molecule has 0 aromatic rings. The molecule has 5 fully saturated rings. The van der Waals surface area contributed by atoms with E-state index in [4.69, 9.17) is 15.9 Å². The van der Waals surface area contributed by atoms with Gasteiger partial charge in [0.25, 0.3) is 5.91 Å². The highest BCUT2D eigenvalue weighted by Gasteiger charge is 2.60. The number of amides is 2. The van der Waals surface area contributed by atoms with Crippen molar-refractivity contribution < 1.29 is 33.8 Å². The maximum absolute atomic E-state index is 13.7. The number of terminal acetylenes is 1. The van der Waals surface area contributed by atoms with Gasteiger partial charge in [0.1, 0.15) is 18.0 Å². The lowest BCUT2D eigenvalue weighted by atomic mass is 9.44. The van der Waals surface area contributed by atoms with Crippen LogP contribution in [0, 0.1) is 64.6 Å². The van der Waals surface area contributed by atoms with Gasteiger partial charge in [-0.3, -0.25) is 24.1 Å². The number of esters is 1. The van der Waals surface area contributed by atoms with Crippen LogP contribution < -0.4 is 5.32 Å². The Morgan fingerprint density at radius 3 is 2.56 bits per heavy atom. The van der Waals surface area contributed by atoms with Gasteiger partial charge in [-0.25, -0.2) is 0 Å². The van der Waals surface area contributed by atoms with Crippen LogP contribution in [0.15, 0.2) is 11.3 Å². The molecular weight excluding hydrogens is 701 g/mol. The van der Waals surface area contributed by atoms with Gasteiger partial charge in [0.15, 0.2) is 5.78 Å². The highest BCUT2D eigenvalue weighted by atomic mass is 32.2. The number of ketones is 1. The van der Waals surface area contributed by atoms with Crippen molar-refractivity contribution in [3.8, 4) is 12.3 Å². The zero-order valence-electron chi connectivity index (χ0n) is 33.5. The summed E-state index contributed by atoms with van der Waals surface area (Å²) >= 11 is 1.57. The molecule has 300 valence electrons. The smallest absolute Gasteiger partial charge is 0.306 e. The molecule has 2 heterocycles. The van der Waals surface area contributed by atoms with E-state index < -0.39 is 17.9 Å². The molecular formula is C44H66N2O7S. The molecule has 0 spiro atoms. The van der Waals surface area contributed by atoms with Gasteiger partial charge in [-0.2, -0.15) is 0 Å². The summed E-state index contributed by atoms with van der Waals surface area (Å²) in [5.74, 6) is 5.82. The summed E-state index contributed by atoms with van der Waals surface area (Å²) in [6.45, 7) is 12.4. The molecule has 4 aliphatic carbocycles. The van der Waals surface area contributed by atoms with E-state index >= 15 is 0 Å². The zero-order chi connectivity index (χ0) is 38.8. The molecule has 3 unspecified atom stereocenters. The van der Waals surface area contributed by atoms with E-state index in [-0.39, 0.29) is 54.9 Å². The summed E-state index contributed by atoms with van der Waals surface area (Å²) in [6.07, 6.45) is 18.7. The summed E-state index contributed by atoms with van der Waals surface area (Å²) in [5, 5.41) is 13.1. The number of carbonyl (C=O) groups is 4. The highest BCUT2D eigenvalue weighted by Crippen LogP contribution is 2.68. The van der Waals surface area contributed by atoms with Gasteiger partial charge in [0, 0.05) is 38.0 Å². The second-order valence-electron chi connectivity index (χ2n) is 18.4. The lowest BCUT2D eigenvalue weighted by Crippen LogP contribution is -2.70. The lowest BCUT2D eigenvalue weighted by molar-refractivity contribution is -0.148. The van der Waals surface area contributed by atoms with E-state index in [0.717, 1.165) is 49.0 Å². The van der Waals surface area contributed by atoms with Crippen molar-refractivity contribution in [3.63, 3.8) is 0 Å². The van der Waals surface area contributed by atoms with Crippen LogP contribution in [0.3, 0.4) is 0 Å². The van der Waals surface area contributed by atoms with Gasteiger partial charge in [-0.05, 0) is 135 Å². The minimum absolute atomic E-state index is 0.0205. The SMILES string of the molecule is C#CCC(CC(=O)OCCOCCC)CC(=O)C1=C(C)CSC2C(NC(=O)CC[C@@H](C)[C@H]3CC[C@H]4[C@@H]5CC[C@@H]6C[C@H](O)CC[C@]6(C)[C@H]5CC[C@]34C)C(=O)N12. The Hall–Kier alpha value is -2.35. The van der Waals surface area contributed by atoms with Crippen molar-refractivity contribution in [2.75, 3.05) is 25.6 Å². The average Bonchev–Trinajstić information content (AvgIpc) is 3.50. The minimum Gasteiger partial charge on any atom is -0.463 e. The number of β-lactam (4-membered cyclic amide) rings is 1. The van der Waals surface area contributed by atoms with E-state index in [1.807, 2.05) is 13.8 Å². The number of aliphatic hydroxyl groups is 1. The third-order valence-corrected chi connectivity index (χ3v) is 16.6. The second-order valence-corrected chi connectivity index (χ2v) is 19.5. The van der Waals surface area contributed by atoms with Gasteiger partial charge in [0.05, 0.1) is 18.4 Å². The Bertz CT molecular complexity index is 1490. The molecule has 6 aliphatic rings. The molecule has 4 saturated carbocycles. The second kappa shape index (κ2) is 17.4. The van der Waals surface area contributed by atoms with E-state index in [1.165, 1.54) is 44.9 Å². The Morgan fingerprint density at radius 1 is 1.04 bits per heavy atom. The van der Waals surface area contributed by atoms with E-state index in [2.05, 4.69) is 32.0 Å². The van der Waals surface area contributed by atoms with Crippen molar-refractivity contribution in [1.29, 1.82) is 0 Å². The molecule has 2 aliphatic heterocycles. The van der Waals surface area contributed by atoms with Crippen LogP contribution >= 0.6 is 11.8 Å². The number of nitrogens with one attached hydrogen (secondary N) is 1. The largest absolute Gasteiger partial charge is 0.463 e. The number of carbonyl (C=O) groups excluding carboxylic acids is 4. The zero-order valence-corrected chi connectivity index (χ0v) is 34.4. The number of Topliss-reactive ketones (excluding diaryl/α,β-unsaturated/α-hetero) is 1. The number of rotatable bonds is 16. The minimum atomic E-state index is -0.652. The van der Waals surface area contributed by atoms with Crippen LogP contribution in [0.5, 0.6) is 0 Å². The van der Waals surface area contributed by atoms with Crippen LogP contribution in [0.4, 0.5) is 0 Å². The first kappa shape index (κ1) is 41.3. The van der Waals surface area contributed by atoms with Crippen molar-refractivity contribution >= 4 is 35.3 Å². The molecule has 12 atom stereocenters. The third kappa shape index (κ3) is 8.21. The molecule has 6 rings (SSSR count). The fourth-order valence-electron chi connectivity index (χ4n) is 12.4. The Balaban J connectivity index is 0.985. The summed E-state index contributed by atoms with van der Waals surface area (Å²) in [7, 11) is 0. The Labute approximate surface area is 328 Å². The highest BCUT2D eigenvalue weighted by molar-refractivity contribution is 8.00. The number of ether oxygens (including phenoxy) is 2. The van der Waals surface area contributed by atoms with Crippen molar-refractivity contribution in [1.82, 2.24) is 10.2 Å². The molecule has 0 aromatic carbocycles. The molecule has 54 heavy (non-hydrogen) atoms. The maximum atomic E-state index is 13.7. The van der Waals surface area contributed by atoms with Gasteiger partial charge < -0.3 is 19.9 Å². The number of thioether (sulfide) groups is 1. The molecule has 9 nitrogen and oxygen atoms in total. The van der Waals surface area contributed by atoms with Crippen molar-refractivity contribution in [3.05, 3.63) is 11.3 Å². The molecule has 0 bridgehead atoms. The van der Waals surface area contributed by atoms with Crippen LogP contribution in [0.25, 0.3) is 0 Å². The average molecular weight is 767 g/mol.